The normalized spacial score (nSPS) is 22.2. The van der Waals surface area contributed by atoms with E-state index >= 15 is 0 Å². The molecule has 0 radical (unpaired) electrons. The third-order valence-corrected chi connectivity index (χ3v) is 5.26. The molecule has 1 amide bonds. The molecule has 0 unspecified atom stereocenters. The molecule has 0 bridgehead atoms. The monoisotopic (exact) mass is 336 g/mol. The Kier molecular flexibility index (Phi) is 4.59. The Bertz CT molecular complexity index is 732. The van der Waals surface area contributed by atoms with E-state index in [4.69, 9.17) is 4.74 Å². The van der Waals surface area contributed by atoms with Gasteiger partial charge in [0.15, 0.2) is 0 Å². The molecule has 2 aromatic carbocycles. The second-order valence-corrected chi connectivity index (χ2v) is 6.93. The summed E-state index contributed by atoms with van der Waals surface area (Å²) in [6.45, 7) is 1.81. The molecule has 0 spiro atoms. The van der Waals surface area contributed by atoms with Crippen molar-refractivity contribution in [1.29, 1.82) is 0 Å². The predicted molar refractivity (Wildman–Crippen MR) is 98.6 cm³/mol. The van der Waals surface area contributed by atoms with Crippen LogP contribution < -0.4 is 5.32 Å². The number of nitrogens with one attached hydrogen (secondary N) is 1. The third-order valence-electron chi connectivity index (χ3n) is 5.26. The minimum absolute atomic E-state index is 0.206. The molecule has 0 saturated carbocycles. The maximum Gasteiger partial charge on any atom is 0.410 e. The highest BCUT2D eigenvalue weighted by atomic mass is 16.6. The Morgan fingerprint density at radius 3 is 2.76 bits per heavy atom. The fourth-order valence-corrected chi connectivity index (χ4v) is 3.97. The van der Waals surface area contributed by atoms with Gasteiger partial charge in [-0.25, -0.2) is 4.79 Å². The largest absolute Gasteiger partial charge is 0.445 e. The van der Waals surface area contributed by atoms with E-state index < -0.39 is 0 Å². The van der Waals surface area contributed by atoms with Crippen molar-refractivity contribution in [3.8, 4) is 0 Å². The van der Waals surface area contributed by atoms with Crippen LogP contribution in [0.3, 0.4) is 0 Å². The van der Waals surface area contributed by atoms with Crippen LogP contribution in [0.15, 0.2) is 54.6 Å². The number of rotatable bonds is 2. The lowest BCUT2D eigenvalue weighted by atomic mass is 9.88. The number of carbonyl (C=O) groups excluding carboxylic acids is 1. The molecule has 2 heterocycles. The van der Waals surface area contributed by atoms with Crippen molar-refractivity contribution in [1.82, 2.24) is 4.90 Å². The summed E-state index contributed by atoms with van der Waals surface area (Å²) in [7, 11) is 0. The third kappa shape index (κ3) is 3.48. The first-order chi connectivity index (χ1) is 12.3. The molecule has 1 N–H and O–H groups in total. The van der Waals surface area contributed by atoms with Crippen molar-refractivity contribution in [2.45, 2.75) is 37.8 Å². The van der Waals surface area contributed by atoms with Gasteiger partial charge >= 0.3 is 6.09 Å². The van der Waals surface area contributed by atoms with Gasteiger partial charge in [-0.05, 0) is 30.0 Å². The SMILES string of the molecule is O=C(OCc1ccccc1)N1CCCC[C@@H]2c3ccccc3N[C@@H]2C1. The van der Waals surface area contributed by atoms with Crippen molar-refractivity contribution in [3.05, 3.63) is 65.7 Å². The summed E-state index contributed by atoms with van der Waals surface area (Å²) in [5, 5.41) is 3.61. The Morgan fingerprint density at radius 1 is 1.08 bits per heavy atom. The minimum Gasteiger partial charge on any atom is -0.445 e. The van der Waals surface area contributed by atoms with Gasteiger partial charge in [0, 0.05) is 24.7 Å². The van der Waals surface area contributed by atoms with Gasteiger partial charge in [-0.15, -0.1) is 0 Å². The van der Waals surface area contributed by atoms with Crippen LogP contribution >= 0.6 is 0 Å². The number of likely N-dealkylation sites (tertiary alicyclic amines) is 1. The van der Waals surface area contributed by atoms with Crippen molar-refractivity contribution in [2.24, 2.45) is 0 Å². The first-order valence-electron chi connectivity index (χ1n) is 9.12. The molecule has 2 aromatic rings. The Balaban J connectivity index is 1.42. The zero-order chi connectivity index (χ0) is 17.1. The van der Waals surface area contributed by atoms with Crippen LogP contribution in [0.1, 0.15) is 36.3 Å². The van der Waals surface area contributed by atoms with Gasteiger partial charge in [0.1, 0.15) is 6.61 Å². The first-order valence-corrected chi connectivity index (χ1v) is 9.12. The number of hydrogen-bond acceptors (Lipinski definition) is 3. The molecule has 2 aliphatic rings. The number of ether oxygens (including phenoxy) is 1. The van der Waals surface area contributed by atoms with E-state index in [2.05, 4.69) is 29.6 Å². The number of hydrogen-bond donors (Lipinski definition) is 1. The predicted octanol–water partition coefficient (Wildman–Crippen LogP) is 4.39. The number of anilines is 1. The number of benzene rings is 2. The van der Waals surface area contributed by atoms with Gasteiger partial charge < -0.3 is 15.0 Å². The van der Waals surface area contributed by atoms with E-state index in [1.165, 1.54) is 17.7 Å². The summed E-state index contributed by atoms with van der Waals surface area (Å²) in [6.07, 6.45) is 3.15. The highest BCUT2D eigenvalue weighted by molar-refractivity contribution is 5.68. The summed E-state index contributed by atoms with van der Waals surface area (Å²) >= 11 is 0. The first kappa shape index (κ1) is 16.0. The molecule has 4 nitrogen and oxygen atoms in total. The topological polar surface area (TPSA) is 41.6 Å². The van der Waals surface area contributed by atoms with Crippen molar-refractivity contribution in [2.75, 3.05) is 18.4 Å². The smallest absolute Gasteiger partial charge is 0.410 e. The van der Waals surface area contributed by atoms with Crippen LogP contribution in [0.5, 0.6) is 0 Å². The maximum atomic E-state index is 12.6. The summed E-state index contributed by atoms with van der Waals surface area (Å²) in [4.78, 5) is 14.4. The van der Waals surface area contributed by atoms with E-state index in [0.29, 0.717) is 19.1 Å². The highest BCUT2D eigenvalue weighted by Gasteiger charge is 2.35. The fraction of sp³-hybridized carbons (Fsp3) is 0.381. The van der Waals surface area contributed by atoms with Gasteiger partial charge in [-0.3, -0.25) is 0 Å². The van der Waals surface area contributed by atoms with E-state index in [1.807, 2.05) is 35.2 Å². The fourth-order valence-electron chi connectivity index (χ4n) is 3.97. The standard InChI is InChI=1S/C21H24N2O2/c24-21(25-15-16-8-2-1-3-9-16)23-13-7-6-11-18-17-10-4-5-12-19(17)22-20(18)14-23/h1-5,8-10,12,18,20,22H,6-7,11,13-15H2/t18-,20-/m1/s1. The molecular formula is C21H24N2O2. The second kappa shape index (κ2) is 7.18. The Hall–Kier alpha value is -2.49. The Labute approximate surface area is 148 Å². The zero-order valence-electron chi connectivity index (χ0n) is 14.4. The lowest BCUT2D eigenvalue weighted by molar-refractivity contribution is 0.0910. The summed E-state index contributed by atoms with van der Waals surface area (Å²) in [5.41, 5.74) is 3.64. The molecule has 4 rings (SSSR count). The molecule has 4 heteroatoms. The average Bonchev–Trinajstić information content (AvgIpc) is 2.97. The molecule has 1 saturated heterocycles. The lowest BCUT2D eigenvalue weighted by Crippen LogP contribution is -2.43. The number of fused-ring (bicyclic) bond motifs is 3. The van der Waals surface area contributed by atoms with Crippen molar-refractivity contribution in [3.63, 3.8) is 0 Å². The van der Waals surface area contributed by atoms with Crippen LogP contribution in [0.25, 0.3) is 0 Å². The Morgan fingerprint density at radius 2 is 1.88 bits per heavy atom. The number of para-hydroxylation sites is 1. The summed E-state index contributed by atoms with van der Waals surface area (Å²) in [5.74, 6) is 0.487. The zero-order valence-corrected chi connectivity index (χ0v) is 14.4. The van der Waals surface area contributed by atoms with E-state index in [1.54, 1.807) is 0 Å². The molecule has 2 atom stereocenters. The summed E-state index contributed by atoms with van der Waals surface area (Å²) < 4.78 is 5.55. The average molecular weight is 336 g/mol. The number of carbonyl (C=O) groups is 1. The van der Waals surface area contributed by atoms with Gasteiger partial charge in [0.05, 0.1) is 6.04 Å². The van der Waals surface area contributed by atoms with Crippen LogP contribution in [-0.4, -0.2) is 30.1 Å². The van der Waals surface area contributed by atoms with Gasteiger partial charge in [0.2, 0.25) is 0 Å². The molecule has 25 heavy (non-hydrogen) atoms. The molecule has 2 aliphatic heterocycles. The van der Waals surface area contributed by atoms with Gasteiger partial charge in [-0.2, -0.15) is 0 Å². The molecule has 130 valence electrons. The van der Waals surface area contributed by atoms with Crippen LogP contribution in [0.4, 0.5) is 10.5 Å². The van der Waals surface area contributed by atoms with Gasteiger partial charge in [0.25, 0.3) is 0 Å². The van der Waals surface area contributed by atoms with Crippen LogP contribution in [-0.2, 0) is 11.3 Å². The lowest BCUT2D eigenvalue weighted by Gasteiger charge is -2.31. The van der Waals surface area contributed by atoms with Crippen LogP contribution in [0.2, 0.25) is 0 Å². The molecule has 0 aliphatic carbocycles. The maximum absolute atomic E-state index is 12.6. The van der Waals surface area contributed by atoms with Crippen molar-refractivity contribution < 1.29 is 9.53 Å². The number of amides is 1. The molecular weight excluding hydrogens is 312 g/mol. The second-order valence-electron chi connectivity index (χ2n) is 6.93. The van der Waals surface area contributed by atoms with E-state index in [0.717, 1.165) is 24.9 Å². The highest BCUT2D eigenvalue weighted by Crippen LogP contribution is 2.40. The van der Waals surface area contributed by atoms with Gasteiger partial charge in [-0.1, -0.05) is 55.0 Å². The summed E-state index contributed by atoms with van der Waals surface area (Å²) in [6, 6.07) is 18.6. The van der Waals surface area contributed by atoms with Crippen LogP contribution in [0, 0.1) is 0 Å². The number of nitrogens with zero attached hydrogens (tertiary/aromatic N) is 1. The molecule has 0 aromatic heterocycles. The molecule has 1 fully saturated rings. The van der Waals surface area contributed by atoms with E-state index in [-0.39, 0.29) is 12.1 Å². The quantitative estimate of drug-likeness (QED) is 0.884. The van der Waals surface area contributed by atoms with Crippen molar-refractivity contribution >= 4 is 11.8 Å². The van der Waals surface area contributed by atoms with E-state index in [9.17, 15) is 4.79 Å². The minimum atomic E-state index is -0.206.